The van der Waals surface area contributed by atoms with E-state index in [9.17, 15) is 29.4 Å². The standard InChI is InChI=1S/C21H29N3O6/c1-20(2,3)14(23-19(29)30)13(22-18(27)28)15(21(4,5)6)24-16(25)11-9-7-8-10-12(11)17(24)26/h7-10,13-15,22-23H,1-6H3,(H,27,28)(H,29,30). The zero-order valence-corrected chi connectivity index (χ0v) is 18.0. The van der Waals surface area contributed by atoms with E-state index in [-0.39, 0.29) is 11.1 Å². The molecule has 30 heavy (non-hydrogen) atoms. The second-order valence-electron chi connectivity index (χ2n) is 9.61. The number of fused-ring (bicyclic) bond motifs is 1. The van der Waals surface area contributed by atoms with E-state index >= 15 is 0 Å². The number of imide groups is 1. The number of hydrogen-bond acceptors (Lipinski definition) is 4. The van der Waals surface area contributed by atoms with Crippen LogP contribution in [0.3, 0.4) is 0 Å². The van der Waals surface area contributed by atoms with E-state index < -0.39 is 53.0 Å². The Balaban J connectivity index is 2.66. The van der Waals surface area contributed by atoms with Crippen molar-refractivity contribution in [3.8, 4) is 0 Å². The highest BCUT2D eigenvalue weighted by Gasteiger charge is 2.51. The Morgan fingerprint density at radius 3 is 1.60 bits per heavy atom. The second-order valence-corrected chi connectivity index (χ2v) is 9.61. The molecule has 0 fully saturated rings. The van der Waals surface area contributed by atoms with E-state index in [1.165, 1.54) is 0 Å². The fourth-order valence-corrected chi connectivity index (χ4v) is 4.01. The Hall–Kier alpha value is -3.10. The third kappa shape index (κ3) is 4.55. The highest BCUT2D eigenvalue weighted by Crippen LogP contribution is 2.37. The highest BCUT2D eigenvalue weighted by molar-refractivity contribution is 6.21. The number of hydrogen-bond donors (Lipinski definition) is 4. The minimum absolute atomic E-state index is 0.240. The minimum Gasteiger partial charge on any atom is -0.465 e. The first-order valence-electron chi connectivity index (χ1n) is 9.62. The Bertz CT molecular complexity index is 833. The molecule has 3 unspecified atom stereocenters. The highest BCUT2D eigenvalue weighted by atomic mass is 16.4. The van der Waals surface area contributed by atoms with Crippen molar-refractivity contribution in [2.24, 2.45) is 10.8 Å². The molecule has 0 spiro atoms. The molecule has 1 heterocycles. The van der Waals surface area contributed by atoms with Gasteiger partial charge in [-0.05, 0) is 23.0 Å². The average Bonchev–Trinajstić information content (AvgIpc) is 2.82. The van der Waals surface area contributed by atoms with Gasteiger partial charge in [-0.2, -0.15) is 0 Å². The van der Waals surface area contributed by atoms with Crippen molar-refractivity contribution < 1.29 is 29.4 Å². The van der Waals surface area contributed by atoms with Gasteiger partial charge < -0.3 is 20.8 Å². The summed E-state index contributed by atoms with van der Waals surface area (Å²) in [5.74, 6) is -1.06. The van der Waals surface area contributed by atoms with Crippen LogP contribution < -0.4 is 10.6 Å². The van der Waals surface area contributed by atoms with Gasteiger partial charge in [0.05, 0.1) is 29.3 Å². The van der Waals surface area contributed by atoms with Gasteiger partial charge in [0.25, 0.3) is 11.8 Å². The fourth-order valence-electron chi connectivity index (χ4n) is 4.01. The van der Waals surface area contributed by atoms with Gasteiger partial charge in [0.15, 0.2) is 0 Å². The Labute approximate surface area is 175 Å². The lowest BCUT2D eigenvalue weighted by Gasteiger charge is -2.47. The molecule has 4 amide bonds. The molecule has 3 atom stereocenters. The van der Waals surface area contributed by atoms with Crippen molar-refractivity contribution in [1.29, 1.82) is 0 Å². The quantitative estimate of drug-likeness (QED) is 0.542. The molecular formula is C21H29N3O6. The molecule has 0 saturated heterocycles. The largest absolute Gasteiger partial charge is 0.465 e. The topological polar surface area (TPSA) is 136 Å². The van der Waals surface area contributed by atoms with Crippen molar-refractivity contribution in [2.45, 2.75) is 59.7 Å². The number of carbonyl (C=O) groups is 4. The summed E-state index contributed by atoms with van der Waals surface area (Å²) in [6, 6.07) is 3.40. The van der Waals surface area contributed by atoms with Crippen molar-refractivity contribution in [2.75, 3.05) is 0 Å². The first kappa shape index (κ1) is 23.2. The molecule has 1 aromatic rings. The molecule has 0 radical (unpaired) electrons. The number of nitrogens with one attached hydrogen (secondary N) is 2. The summed E-state index contributed by atoms with van der Waals surface area (Å²) in [5.41, 5.74) is -1.02. The van der Waals surface area contributed by atoms with Gasteiger partial charge in [-0.3, -0.25) is 14.5 Å². The normalized spacial score (nSPS) is 17.2. The summed E-state index contributed by atoms with van der Waals surface area (Å²) >= 11 is 0. The van der Waals surface area contributed by atoms with Crippen LogP contribution in [0, 0.1) is 10.8 Å². The molecule has 2 rings (SSSR count). The summed E-state index contributed by atoms with van der Waals surface area (Å²) in [4.78, 5) is 50.6. The Kier molecular flexibility index (Phi) is 6.15. The van der Waals surface area contributed by atoms with Crippen LogP contribution in [-0.4, -0.2) is 57.2 Å². The monoisotopic (exact) mass is 419 g/mol. The number of carboxylic acid groups (broad SMARTS) is 2. The number of amides is 4. The van der Waals surface area contributed by atoms with Gasteiger partial charge >= 0.3 is 12.2 Å². The molecule has 1 aliphatic heterocycles. The van der Waals surface area contributed by atoms with E-state index in [4.69, 9.17) is 0 Å². The average molecular weight is 419 g/mol. The molecule has 0 aromatic heterocycles. The maximum absolute atomic E-state index is 13.2. The second kappa shape index (κ2) is 7.97. The zero-order valence-electron chi connectivity index (χ0n) is 18.0. The summed E-state index contributed by atoms with van der Waals surface area (Å²) < 4.78 is 0. The van der Waals surface area contributed by atoms with Crippen LogP contribution in [0.4, 0.5) is 9.59 Å². The summed E-state index contributed by atoms with van der Waals surface area (Å²) in [6.45, 7) is 10.6. The van der Waals surface area contributed by atoms with Gasteiger partial charge in [0.1, 0.15) is 0 Å². The summed E-state index contributed by atoms with van der Waals surface area (Å²) in [7, 11) is 0. The van der Waals surface area contributed by atoms with Crippen molar-refractivity contribution in [1.82, 2.24) is 15.5 Å². The molecule has 0 aliphatic carbocycles. The number of nitrogens with zero attached hydrogens (tertiary/aromatic N) is 1. The van der Waals surface area contributed by atoms with Crippen molar-refractivity contribution in [3.63, 3.8) is 0 Å². The van der Waals surface area contributed by atoms with Gasteiger partial charge in [0.2, 0.25) is 0 Å². The van der Waals surface area contributed by atoms with Crippen LogP contribution in [0.1, 0.15) is 62.3 Å². The fraction of sp³-hybridized carbons (Fsp3) is 0.524. The lowest BCUT2D eigenvalue weighted by molar-refractivity contribution is 0.0277. The number of rotatable bonds is 5. The van der Waals surface area contributed by atoms with Gasteiger partial charge in [0, 0.05) is 0 Å². The zero-order chi connectivity index (χ0) is 23.0. The Morgan fingerprint density at radius 2 is 1.27 bits per heavy atom. The third-order valence-corrected chi connectivity index (χ3v) is 5.19. The predicted molar refractivity (Wildman–Crippen MR) is 110 cm³/mol. The van der Waals surface area contributed by atoms with Crippen LogP contribution >= 0.6 is 0 Å². The third-order valence-electron chi connectivity index (χ3n) is 5.19. The molecule has 0 bridgehead atoms. The van der Waals surface area contributed by atoms with Gasteiger partial charge in [-0.1, -0.05) is 53.7 Å². The minimum atomic E-state index is -1.38. The lowest BCUT2D eigenvalue weighted by Crippen LogP contribution is -2.68. The molecule has 164 valence electrons. The van der Waals surface area contributed by atoms with Crippen LogP contribution in [0.25, 0.3) is 0 Å². The van der Waals surface area contributed by atoms with E-state index in [1.54, 1.807) is 65.8 Å². The molecule has 0 saturated carbocycles. The van der Waals surface area contributed by atoms with Crippen LogP contribution in [0.5, 0.6) is 0 Å². The molecule has 1 aromatic carbocycles. The molecule has 1 aliphatic rings. The maximum atomic E-state index is 13.2. The smallest absolute Gasteiger partial charge is 0.405 e. The first-order valence-corrected chi connectivity index (χ1v) is 9.62. The SMILES string of the molecule is CC(C)(C)C(NC(=O)O)C(NC(=O)O)C(N1C(=O)c2ccccc2C1=O)C(C)(C)C. The first-order chi connectivity index (χ1) is 13.7. The van der Waals surface area contributed by atoms with Crippen molar-refractivity contribution >= 4 is 24.0 Å². The maximum Gasteiger partial charge on any atom is 0.405 e. The summed E-state index contributed by atoms with van der Waals surface area (Å²) in [5, 5.41) is 23.7. The van der Waals surface area contributed by atoms with Crippen LogP contribution in [-0.2, 0) is 0 Å². The lowest BCUT2D eigenvalue weighted by atomic mass is 9.72. The Morgan fingerprint density at radius 1 is 0.833 bits per heavy atom. The molecular weight excluding hydrogens is 390 g/mol. The van der Waals surface area contributed by atoms with E-state index in [1.807, 2.05) is 0 Å². The number of carbonyl (C=O) groups excluding carboxylic acids is 2. The molecule has 4 N–H and O–H groups in total. The number of benzene rings is 1. The van der Waals surface area contributed by atoms with E-state index in [0.29, 0.717) is 0 Å². The predicted octanol–water partition coefficient (Wildman–Crippen LogP) is 3.02. The van der Waals surface area contributed by atoms with Gasteiger partial charge in [-0.25, -0.2) is 9.59 Å². The van der Waals surface area contributed by atoms with E-state index in [0.717, 1.165) is 4.90 Å². The van der Waals surface area contributed by atoms with Crippen LogP contribution in [0.2, 0.25) is 0 Å². The molecule has 9 heteroatoms. The molecule has 9 nitrogen and oxygen atoms in total. The summed E-state index contributed by atoms with van der Waals surface area (Å²) in [6.07, 6.45) is -2.71. The van der Waals surface area contributed by atoms with E-state index in [2.05, 4.69) is 10.6 Å². The van der Waals surface area contributed by atoms with Crippen LogP contribution in [0.15, 0.2) is 24.3 Å². The van der Waals surface area contributed by atoms with Crippen molar-refractivity contribution in [3.05, 3.63) is 35.4 Å². The van der Waals surface area contributed by atoms with Gasteiger partial charge in [-0.15, -0.1) is 0 Å².